The zero-order valence-electron chi connectivity index (χ0n) is 48.1. The van der Waals surface area contributed by atoms with Crippen molar-refractivity contribution in [1.29, 1.82) is 0 Å². The van der Waals surface area contributed by atoms with E-state index in [9.17, 15) is 2.74 Å². The molecule has 0 N–H and O–H groups in total. The normalized spacial score (nSPS) is 14.2. The highest BCUT2D eigenvalue weighted by molar-refractivity contribution is 7.26. The van der Waals surface area contributed by atoms with Crippen molar-refractivity contribution < 1.29 is 20.9 Å². The summed E-state index contributed by atoms with van der Waals surface area (Å²) >= 11 is 1.70. The Labute approximate surface area is 417 Å². The number of nitrogens with zero attached hydrogens (tertiary/aromatic N) is 4. The van der Waals surface area contributed by atoms with Crippen LogP contribution in [0.25, 0.3) is 137 Å². The molecule has 0 aliphatic heterocycles. The molecule has 0 atom stereocenters. The summed E-state index contributed by atoms with van der Waals surface area (Å²) in [6.07, 6.45) is 0. The van der Waals surface area contributed by atoms with E-state index in [0.717, 1.165) is 64.4 Å². The molecule has 0 bridgehead atoms. The van der Waals surface area contributed by atoms with E-state index in [1.165, 1.54) is 10.6 Å². The van der Waals surface area contributed by atoms with Crippen molar-refractivity contribution in [3.05, 3.63) is 230 Å². The summed E-state index contributed by atoms with van der Waals surface area (Å²) in [4.78, 5) is 15.4. The largest absolute Gasteiger partial charge is 0.455 e. The molecule has 0 spiro atoms. The molecule has 10 aromatic carbocycles. The van der Waals surface area contributed by atoms with Crippen LogP contribution in [0.3, 0.4) is 0 Å². The molecule has 5 nitrogen and oxygen atoms in total. The number of rotatable bonds is 7. The van der Waals surface area contributed by atoms with Crippen LogP contribution in [0.4, 0.5) is 0 Å². The number of thiophene rings is 1. The molecule has 0 saturated carbocycles. The van der Waals surface area contributed by atoms with E-state index in [-0.39, 0.29) is 75.1 Å². The van der Waals surface area contributed by atoms with Gasteiger partial charge in [-0.1, -0.05) is 176 Å². The molecule has 0 aliphatic carbocycles. The third-order valence-corrected chi connectivity index (χ3v) is 13.9. The van der Waals surface area contributed by atoms with E-state index in [0.29, 0.717) is 27.9 Å². The summed E-state index contributed by atoms with van der Waals surface area (Å²) in [7, 11) is 0. The fraction of sp³-hybridized carbons (Fsp3) is 0. The fourth-order valence-corrected chi connectivity index (χ4v) is 10.7. The van der Waals surface area contributed by atoms with Gasteiger partial charge in [0.05, 0.1) is 33.2 Å². The fourth-order valence-electron chi connectivity index (χ4n) is 9.52. The summed E-state index contributed by atoms with van der Waals surface area (Å²) < 4.78 is 115. The van der Waals surface area contributed by atoms with Gasteiger partial charge in [0.25, 0.3) is 0 Å². The van der Waals surface area contributed by atoms with Crippen molar-refractivity contribution in [3.63, 3.8) is 0 Å². The van der Waals surface area contributed by atoms with E-state index >= 15 is 0 Å². The Bertz CT molecular complexity index is 5040. The highest BCUT2D eigenvalue weighted by Gasteiger charge is 2.21. The van der Waals surface area contributed by atoms with Gasteiger partial charge in [0.1, 0.15) is 11.2 Å². The monoisotopic (exact) mass is 910 g/mol. The van der Waals surface area contributed by atoms with Crippen molar-refractivity contribution in [2.45, 2.75) is 0 Å². The number of aromatic nitrogens is 4. The molecule has 4 aromatic heterocycles. The molecule has 0 amide bonds. The van der Waals surface area contributed by atoms with Gasteiger partial charge in [-0.25, -0.2) is 15.0 Å². The molecule has 69 heavy (non-hydrogen) atoms. The maximum Gasteiger partial charge on any atom is 0.166 e. The lowest BCUT2D eigenvalue weighted by atomic mass is 9.98. The van der Waals surface area contributed by atoms with Crippen molar-refractivity contribution in [1.82, 2.24) is 19.5 Å². The molecule has 14 aromatic rings. The molecule has 0 aliphatic rings. The average molecular weight is 911 g/mol. The SMILES string of the molecule is [2H]c1cc([2H])c2c(c1[2H])c1c([2H])c([2H])c([2H])c([2H])c1n2-c1ccccc1-c1nc(-c2cccc(-c3c([2H])c([2H])c([2H])c([2H])c3[2H])c2)nc(-c2cccc(-c3cccc4c3sc3ccc(-c5cccc6c5oc5ccccc56)cc34)c2)n1. The first-order chi connectivity index (χ1) is 39.2. The number of para-hydroxylation sites is 5. The van der Waals surface area contributed by atoms with Crippen LogP contribution < -0.4 is 0 Å². The number of fused-ring (bicyclic) bond motifs is 9. The average Bonchev–Trinajstić information content (AvgIpc) is 4.21. The van der Waals surface area contributed by atoms with E-state index < -0.39 is 42.3 Å². The summed E-state index contributed by atoms with van der Waals surface area (Å²) in [5.41, 5.74) is 7.68. The number of hydrogen-bond donors (Lipinski definition) is 0. The Kier molecular flexibility index (Phi) is 6.64. The molecule has 4 heterocycles. The first kappa shape index (κ1) is 28.9. The molecular formula is C63H38N4OS. The van der Waals surface area contributed by atoms with Crippen LogP contribution in [0.5, 0.6) is 0 Å². The minimum Gasteiger partial charge on any atom is -0.455 e. The molecule has 6 heteroatoms. The van der Waals surface area contributed by atoms with Gasteiger partial charge in [0.2, 0.25) is 0 Å². The lowest BCUT2D eigenvalue weighted by Crippen LogP contribution is -2.03. The van der Waals surface area contributed by atoms with Gasteiger partial charge in [-0.2, -0.15) is 0 Å². The lowest BCUT2D eigenvalue weighted by Gasteiger charge is -2.15. The Morgan fingerprint density at radius 1 is 0.391 bits per heavy atom. The van der Waals surface area contributed by atoms with Gasteiger partial charge in [0.15, 0.2) is 17.5 Å². The Morgan fingerprint density at radius 2 is 1.01 bits per heavy atom. The minimum absolute atomic E-state index is 0.000202. The number of hydrogen-bond acceptors (Lipinski definition) is 5. The van der Waals surface area contributed by atoms with Crippen molar-refractivity contribution >= 4 is 75.3 Å². The highest BCUT2D eigenvalue weighted by Crippen LogP contribution is 2.44. The van der Waals surface area contributed by atoms with Gasteiger partial charge in [-0.15, -0.1) is 11.3 Å². The Morgan fingerprint density at radius 3 is 1.88 bits per heavy atom. The number of benzene rings is 10. The molecule has 14 rings (SSSR count). The molecule has 322 valence electrons. The predicted octanol–water partition coefficient (Wildman–Crippen LogP) is 17.2. The minimum atomic E-state index is -0.521. The van der Waals surface area contributed by atoms with Gasteiger partial charge in [-0.3, -0.25) is 0 Å². The summed E-state index contributed by atoms with van der Waals surface area (Å²) in [6.45, 7) is 0. The number of furan rings is 1. The van der Waals surface area contributed by atoms with Crippen LogP contribution >= 0.6 is 11.3 Å². The van der Waals surface area contributed by atoms with E-state index in [1.54, 1.807) is 59.9 Å². The maximum atomic E-state index is 9.25. The van der Waals surface area contributed by atoms with Crippen LogP contribution in [-0.2, 0) is 0 Å². The van der Waals surface area contributed by atoms with Gasteiger partial charge >= 0.3 is 0 Å². The van der Waals surface area contributed by atoms with Gasteiger partial charge in [-0.05, 0) is 82.4 Å². The van der Waals surface area contributed by atoms with E-state index in [4.69, 9.17) is 33.1 Å². The van der Waals surface area contributed by atoms with E-state index in [2.05, 4.69) is 54.6 Å². The molecular weight excluding hydrogens is 861 g/mol. The van der Waals surface area contributed by atoms with Crippen molar-refractivity contribution in [2.75, 3.05) is 0 Å². The first-order valence-corrected chi connectivity index (χ1v) is 23.0. The smallest absolute Gasteiger partial charge is 0.166 e. The summed E-state index contributed by atoms with van der Waals surface area (Å²) in [6, 6.07) is 45.1. The van der Waals surface area contributed by atoms with Crippen molar-refractivity contribution in [2.24, 2.45) is 0 Å². The van der Waals surface area contributed by atoms with Crippen LogP contribution in [0.1, 0.15) is 16.4 Å². The van der Waals surface area contributed by atoms with Crippen LogP contribution in [0.2, 0.25) is 0 Å². The second-order valence-electron chi connectivity index (χ2n) is 16.6. The molecule has 0 fully saturated rings. The topological polar surface area (TPSA) is 56.7 Å². The second kappa shape index (κ2) is 15.8. The Balaban J connectivity index is 0.963. The van der Waals surface area contributed by atoms with Gasteiger partial charge < -0.3 is 8.98 Å². The standard InChI is InChI=1S/C63H38N4OS/c1-2-16-39(17-3-1)40-18-12-20-43(36-40)61-64-62(66-63(65-61)52-25-6-10-32-56(52)67-54-30-8-4-22-47(54)48-23-5-9-31-55(48)67)44-21-13-19-41(37-44)46-27-15-29-51-53-38-42(34-35-58(53)69-60(46)51)45-26-14-28-50-49-24-7-11-33-57(49)68-59(45)50/h1-38H/i1D,2D,3D,4D,5D,8D,16D,17D,22D,23D,30D,31D. The van der Waals surface area contributed by atoms with E-state index in [1.807, 2.05) is 48.5 Å². The quantitative estimate of drug-likeness (QED) is 0.160. The Hall–Kier alpha value is -8.97. The van der Waals surface area contributed by atoms with Crippen LogP contribution in [-0.4, -0.2) is 19.5 Å². The molecule has 0 unspecified atom stereocenters. The molecule has 0 saturated heterocycles. The maximum absolute atomic E-state index is 9.25. The lowest BCUT2D eigenvalue weighted by molar-refractivity contribution is 0.670. The third kappa shape index (κ3) is 6.49. The molecule has 0 radical (unpaired) electrons. The highest BCUT2D eigenvalue weighted by atomic mass is 32.1. The summed E-state index contributed by atoms with van der Waals surface area (Å²) in [5.74, 6) is 0.517. The third-order valence-electron chi connectivity index (χ3n) is 12.7. The van der Waals surface area contributed by atoms with Crippen molar-refractivity contribution in [3.8, 4) is 73.2 Å². The predicted molar refractivity (Wildman–Crippen MR) is 287 cm³/mol. The first-order valence-electron chi connectivity index (χ1n) is 28.2. The summed E-state index contributed by atoms with van der Waals surface area (Å²) in [5, 5.41) is 4.32. The van der Waals surface area contributed by atoms with Gasteiger partial charge in [0, 0.05) is 64.0 Å². The van der Waals surface area contributed by atoms with Crippen LogP contribution in [0, 0.1) is 0 Å². The zero-order chi connectivity index (χ0) is 55.9. The zero-order valence-corrected chi connectivity index (χ0v) is 36.9. The second-order valence-corrected chi connectivity index (χ2v) is 17.7. The van der Waals surface area contributed by atoms with Crippen LogP contribution in [0.15, 0.2) is 235 Å².